The van der Waals surface area contributed by atoms with Gasteiger partial charge >= 0.3 is 0 Å². The summed E-state index contributed by atoms with van der Waals surface area (Å²) in [6.07, 6.45) is 0. The van der Waals surface area contributed by atoms with Crippen LogP contribution in [-0.2, 0) is 5.41 Å². The zero-order chi connectivity index (χ0) is 20.2. The van der Waals surface area contributed by atoms with Crippen LogP contribution in [-0.4, -0.2) is 20.2 Å². The summed E-state index contributed by atoms with van der Waals surface area (Å²) in [6, 6.07) is 20.8. The number of aryl methyl sites for hydroxylation is 1. The van der Waals surface area contributed by atoms with E-state index in [1.807, 2.05) is 24.3 Å². The van der Waals surface area contributed by atoms with Crippen molar-refractivity contribution in [3.8, 4) is 11.3 Å². The van der Waals surface area contributed by atoms with E-state index >= 15 is 0 Å². The van der Waals surface area contributed by atoms with Crippen LogP contribution < -0.4 is 0 Å². The average molecular weight is 378 g/mol. The number of hydrogen-bond acceptors (Lipinski definition) is 4. The van der Waals surface area contributed by atoms with Crippen molar-refractivity contribution < 1.29 is 0 Å². The Morgan fingerprint density at radius 2 is 1.45 bits per heavy atom. The number of nitrogens with zero attached hydrogens (tertiary/aromatic N) is 4. The van der Waals surface area contributed by atoms with Crippen LogP contribution in [0.2, 0.25) is 0 Å². The van der Waals surface area contributed by atoms with Crippen molar-refractivity contribution >= 4 is 33.0 Å². The van der Waals surface area contributed by atoms with Crippen LogP contribution in [0.15, 0.2) is 60.7 Å². The zero-order valence-electron chi connectivity index (χ0n) is 17.1. The molecule has 0 bridgehead atoms. The molecule has 0 radical (unpaired) electrons. The minimum atomic E-state index is 0.0177. The second-order valence-corrected chi connectivity index (χ2v) is 8.55. The maximum atomic E-state index is 4.83. The lowest BCUT2D eigenvalue weighted by molar-refractivity contribution is 0.596. The molecular weight excluding hydrogens is 356 g/mol. The van der Waals surface area contributed by atoms with Crippen LogP contribution in [0.25, 0.3) is 44.2 Å². The van der Waals surface area contributed by atoms with E-state index in [4.69, 9.17) is 4.98 Å². The monoisotopic (exact) mass is 378 g/mol. The smallest absolute Gasteiger partial charge is 0.201 e. The number of aromatic nitrogens is 4. The molecule has 3 aromatic carbocycles. The second-order valence-electron chi connectivity index (χ2n) is 8.55. The first kappa shape index (κ1) is 17.7. The van der Waals surface area contributed by atoms with Gasteiger partial charge in [-0.2, -0.15) is 0 Å². The standard InChI is InChI=1S/C25H22N4/c1-15-22(28-29-24-23(15)26-20-11-7-8-12-21(20)27-24)17-13-16-9-5-6-10-18(16)19(14-17)25(2,3)4/h5-14H,1-4H3. The van der Waals surface area contributed by atoms with Gasteiger partial charge in [0.05, 0.1) is 16.7 Å². The van der Waals surface area contributed by atoms with Crippen molar-refractivity contribution in [2.45, 2.75) is 33.1 Å². The Morgan fingerprint density at radius 3 is 2.21 bits per heavy atom. The largest absolute Gasteiger partial charge is 0.242 e. The summed E-state index contributed by atoms with van der Waals surface area (Å²) in [5, 5.41) is 11.5. The van der Waals surface area contributed by atoms with Gasteiger partial charge < -0.3 is 0 Å². The molecule has 5 aromatic rings. The molecule has 2 heterocycles. The van der Waals surface area contributed by atoms with Crippen LogP contribution in [0, 0.1) is 6.92 Å². The molecule has 0 saturated heterocycles. The van der Waals surface area contributed by atoms with E-state index in [0.717, 1.165) is 33.4 Å². The highest BCUT2D eigenvalue weighted by Gasteiger charge is 2.20. The highest BCUT2D eigenvalue weighted by Crippen LogP contribution is 2.35. The molecule has 0 aliphatic heterocycles. The Bertz CT molecular complexity index is 1400. The van der Waals surface area contributed by atoms with Gasteiger partial charge in [-0.3, -0.25) is 0 Å². The van der Waals surface area contributed by atoms with E-state index in [-0.39, 0.29) is 5.41 Å². The molecule has 2 aromatic heterocycles. The molecule has 0 aliphatic rings. The number of rotatable bonds is 1. The molecule has 29 heavy (non-hydrogen) atoms. The minimum absolute atomic E-state index is 0.0177. The molecule has 0 amide bonds. The SMILES string of the molecule is Cc1c(-c2cc(C(C)(C)C)c3ccccc3c2)nnc2nc3ccccc3nc12. The van der Waals surface area contributed by atoms with Crippen molar-refractivity contribution in [1.29, 1.82) is 0 Å². The molecule has 0 fully saturated rings. The van der Waals surface area contributed by atoms with E-state index in [2.05, 4.69) is 79.3 Å². The second kappa shape index (κ2) is 6.31. The van der Waals surface area contributed by atoms with Gasteiger partial charge in [0.2, 0.25) is 5.65 Å². The highest BCUT2D eigenvalue weighted by molar-refractivity contribution is 5.93. The van der Waals surface area contributed by atoms with Crippen molar-refractivity contribution in [3.05, 3.63) is 71.8 Å². The molecule has 4 heteroatoms. The third-order valence-corrected chi connectivity index (χ3v) is 5.45. The minimum Gasteiger partial charge on any atom is -0.242 e. The fraction of sp³-hybridized carbons (Fsp3) is 0.200. The molecule has 0 aliphatic carbocycles. The maximum Gasteiger partial charge on any atom is 0.201 e. The Kier molecular flexibility index (Phi) is 3.85. The Hall–Kier alpha value is -3.40. The quantitative estimate of drug-likeness (QED) is 0.336. The normalized spacial score (nSPS) is 12.1. The summed E-state index contributed by atoms with van der Waals surface area (Å²) in [5.74, 6) is 0. The van der Waals surface area contributed by atoms with Crippen LogP contribution in [0.5, 0.6) is 0 Å². The summed E-state index contributed by atoms with van der Waals surface area (Å²) in [7, 11) is 0. The van der Waals surface area contributed by atoms with Crippen molar-refractivity contribution in [3.63, 3.8) is 0 Å². The third-order valence-electron chi connectivity index (χ3n) is 5.45. The predicted octanol–water partition coefficient (Wildman–Crippen LogP) is 6.00. The van der Waals surface area contributed by atoms with E-state index in [1.165, 1.54) is 16.3 Å². The Balaban J connectivity index is 1.80. The predicted molar refractivity (Wildman–Crippen MR) is 119 cm³/mol. The fourth-order valence-electron chi connectivity index (χ4n) is 3.94. The summed E-state index contributed by atoms with van der Waals surface area (Å²) in [5.41, 5.74) is 7.34. The third kappa shape index (κ3) is 2.92. The summed E-state index contributed by atoms with van der Waals surface area (Å²) in [4.78, 5) is 9.48. The number of benzene rings is 3. The number of fused-ring (bicyclic) bond motifs is 3. The van der Waals surface area contributed by atoms with Crippen molar-refractivity contribution in [1.82, 2.24) is 20.2 Å². The van der Waals surface area contributed by atoms with Crippen LogP contribution in [0.4, 0.5) is 0 Å². The first-order chi connectivity index (χ1) is 13.9. The van der Waals surface area contributed by atoms with E-state index < -0.39 is 0 Å². The molecule has 0 N–H and O–H groups in total. The number of hydrogen-bond donors (Lipinski definition) is 0. The van der Waals surface area contributed by atoms with Crippen molar-refractivity contribution in [2.24, 2.45) is 0 Å². The summed E-state index contributed by atoms with van der Waals surface area (Å²) in [6.45, 7) is 8.79. The first-order valence-electron chi connectivity index (χ1n) is 9.85. The van der Waals surface area contributed by atoms with Gasteiger partial charge in [0.15, 0.2) is 0 Å². The van der Waals surface area contributed by atoms with Gasteiger partial charge in [0.25, 0.3) is 0 Å². The topological polar surface area (TPSA) is 51.6 Å². The zero-order valence-corrected chi connectivity index (χ0v) is 17.1. The van der Waals surface area contributed by atoms with Gasteiger partial charge in [0, 0.05) is 11.1 Å². The molecule has 0 saturated carbocycles. The first-order valence-corrected chi connectivity index (χ1v) is 9.85. The van der Waals surface area contributed by atoms with Crippen molar-refractivity contribution in [2.75, 3.05) is 0 Å². The molecule has 0 atom stereocenters. The van der Waals surface area contributed by atoms with Gasteiger partial charge in [-0.25, -0.2) is 9.97 Å². The van der Waals surface area contributed by atoms with Crippen LogP contribution >= 0.6 is 0 Å². The number of para-hydroxylation sites is 2. The molecular formula is C25H22N4. The van der Waals surface area contributed by atoms with Gasteiger partial charge in [-0.15, -0.1) is 10.2 Å². The lowest BCUT2D eigenvalue weighted by atomic mass is 9.82. The summed E-state index contributed by atoms with van der Waals surface area (Å²) < 4.78 is 0. The van der Waals surface area contributed by atoms with E-state index in [0.29, 0.717) is 5.65 Å². The fourth-order valence-corrected chi connectivity index (χ4v) is 3.94. The molecule has 0 unspecified atom stereocenters. The molecule has 4 nitrogen and oxygen atoms in total. The van der Waals surface area contributed by atoms with E-state index in [9.17, 15) is 0 Å². The average Bonchev–Trinajstić information content (AvgIpc) is 2.71. The summed E-state index contributed by atoms with van der Waals surface area (Å²) >= 11 is 0. The van der Waals surface area contributed by atoms with E-state index in [1.54, 1.807) is 0 Å². The lowest BCUT2D eigenvalue weighted by Gasteiger charge is -2.23. The van der Waals surface area contributed by atoms with Crippen LogP contribution in [0.3, 0.4) is 0 Å². The molecule has 142 valence electrons. The lowest BCUT2D eigenvalue weighted by Crippen LogP contribution is -2.12. The van der Waals surface area contributed by atoms with Gasteiger partial charge in [0.1, 0.15) is 5.52 Å². The van der Waals surface area contributed by atoms with Gasteiger partial charge in [-0.1, -0.05) is 57.2 Å². The highest BCUT2D eigenvalue weighted by atomic mass is 15.1. The maximum absolute atomic E-state index is 4.83. The molecule has 0 spiro atoms. The van der Waals surface area contributed by atoms with Gasteiger partial charge in [-0.05, 0) is 52.9 Å². The Morgan fingerprint density at radius 1 is 0.759 bits per heavy atom. The van der Waals surface area contributed by atoms with Crippen LogP contribution in [0.1, 0.15) is 31.9 Å². The Labute approximate surface area is 169 Å². The molecule has 5 rings (SSSR count).